The number of carbonyl (C=O) groups excluding carboxylic acids is 1. The van der Waals surface area contributed by atoms with Crippen molar-refractivity contribution in [3.8, 4) is 11.5 Å². The lowest BCUT2D eigenvalue weighted by atomic mass is 10.1. The summed E-state index contributed by atoms with van der Waals surface area (Å²) in [7, 11) is 0. The topological polar surface area (TPSA) is 151 Å². The molecular formula is C29H36ClN3O9. The van der Waals surface area contributed by atoms with Gasteiger partial charge in [0.1, 0.15) is 29.3 Å². The van der Waals surface area contributed by atoms with Crippen LogP contribution in [0, 0.1) is 6.92 Å². The molecule has 0 saturated carbocycles. The van der Waals surface area contributed by atoms with Gasteiger partial charge in [-0.2, -0.15) is 0 Å². The second kappa shape index (κ2) is 12.9. The molecule has 42 heavy (non-hydrogen) atoms. The van der Waals surface area contributed by atoms with E-state index >= 15 is 0 Å². The summed E-state index contributed by atoms with van der Waals surface area (Å²) in [5, 5.41) is 23.8. The van der Waals surface area contributed by atoms with E-state index < -0.39 is 49.1 Å². The molecule has 1 unspecified atom stereocenters. The zero-order valence-corrected chi connectivity index (χ0v) is 24.8. The maximum absolute atomic E-state index is 12.8. The SMILES string of the molecule is CCOC(=O)c1cnc2nc(C)c(OCC)cc2c1Nc1ccc(O[C@H]2[C@@H]([C@H](O)CO)OC3OC(C)(C)O[C@@H]32)cc1.Cl. The Morgan fingerprint density at radius 3 is 2.57 bits per heavy atom. The minimum atomic E-state index is -1.18. The van der Waals surface area contributed by atoms with Gasteiger partial charge in [0.15, 0.2) is 29.9 Å². The van der Waals surface area contributed by atoms with Crippen LogP contribution in [0.1, 0.15) is 43.7 Å². The number of esters is 1. The second-order valence-corrected chi connectivity index (χ2v) is 10.2. The number of fused-ring (bicyclic) bond motifs is 2. The number of aliphatic hydroxyl groups is 2. The summed E-state index contributed by atoms with van der Waals surface area (Å²) in [6.07, 6.45) is -2.64. The Morgan fingerprint density at radius 2 is 1.90 bits per heavy atom. The molecule has 5 atom stereocenters. The van der Waals surface area contributed by atoms with Crippen LogP contribution in [-0.4, -0.2) is 82.5 Å². The third-order valence-corrected chi connectivity index (χ3v) is 6.79. The van der Waals surface area contributed by atoms with E-state index in [1.807, 2.05) is 19.9 Å². The molecule has 0 aliphatic carbocycles. The van der Waals surface area contributed by atoms with Crippen LogP contribution in [0.5, 0.6) is 11.5 Å². The Kier molecular flexibility index (Phi) is 9.76. The molecule has 2 fully saturated rings. The van der Waals surface area contributed by atoms with Gasteiger partial charge in [-0.05, 0) is 65.0 Å². The predicted molar refractivity (Wildman–Crippen MR) is 155 cm³/mol. The van der Waals surface area contributed by atoms with Crippen molar-refractivity contribution in [1.82, 2.24) is 9.97 Å². The number of halogens is 1. The zero-order chi connectivity index (χ0) is 29.3. The van der Waals surface area contributed by atoms with Crippen molar-refractivity contribution >= 4 is 40.8 Å². The van der Waals surface area contributed by atoms with Gasteiger partial charge in [-0.25, -0.2) is 14.8 Å². The molecule has 0 bridgehead atoms. The summed E-state index contributed by atoms with van der Waals surface area (Å²) in [5.41, 5.74) is 2.53. The average molecular weight is 606 g/mol. The summed E-state index contributed by atoms with van der Waals surface area (Å²) < 4.78 is 34.8. The summed E-state index contributed by atoms with van der Waals surface area (Å²) in [5.74, 6) is -0.324. The Hall–Kier alpha value is -3.26. The highest BCUT2D eigenvalue weighted by molar-refractivity contribution is 6.05. The number of hydrogen-bond donors (Lipinski definition) is 3. The lowest BCUT2D eigenvalue weighted by Crippen LogP contribution is -2.45. The monoisotopic (exact) mass is 605 g/mol. The molecular weight excluding hydrogens is 570 g/mol. The summed E-state index contributed by atoms with van der Waals surface area (Å²) in [6, 6.07) is 8.84. The molecule has 0 spiro atoms. The minimum absolute atomic E-state index is 0. The number of aromatic nitrogens is 2. The molecule has 13 heteroatoms. The molecule has 2 aliphatic heterocycles. The van der Waals surface area contributed by atoms with Gasteiger partial charge in [0.05, 0.1) is 31.2 Å². The first-order valence-electron chi connectivity index (χ1n) is 13.6. The number of anilines is 2. The molecule has 3 N–H and O–H groups in total. The van der Waals surface area contributed by atoms with Gasteiger partial charge in [-0.1, -0.05) is 0 Å². The Labute approximate surface area is 249 Å². The molecule has 2 saturated heterocycles. The normalized spacial score (nSPS) is 23.1. The number of pyridine rings is 2. The maximum Gasteiger partial charge on any atom is 0.341 e. The molecule has 1 aromatic carbocycles. The smallest absolute Gasteiger partial charge is 0.341 e. The number of aliphatic hydroxyl groups excluding tert-OH is 2. The quantitative estimate of drug-likeness (QED) is 0.289. The van der Waals surface area contributed by atoms with Crippen LogP contribution in [0.15, 0.2) is 36.5 Å². The third kappa shape index (κ3) is 6.38. The van der Waals surface area contributed by atoms with Crippen LogP contribution in [0.25, 0.3) is 11.0 Å². The molecule has 12 nitrogen and oxygen atoms in total. The number of rotatable bonds is 10. The Balaban J connectivity index is 0.00000405. The zero-order valence-electron chi connectivity index (χ0n) is 24.0. The average Bonchev–Trinajstić information content (AvgIpc) is 3.42. The van der Waals surface area contributed by atoms with Crippen molar-refractivity contribution in [1.29, 1.82) is 0 Å². The molecule has 2 aromatic heterocycles. The van der Waals surface area contributed by atoms with E-state index in [0.29, 0.717) is 46.2 Å². The molecule has 4 heterocycles. The van der Waals surface area contributed by atoms with Gasteiger partial charge in [-0.3, -0.25) is 0 Å². The van der Waals surface area contributed by atoms with Crippen molar-refractivity contribution < 1.29 is 43.4 Å². The molecule has 0 radical (unpaired) electrons. The lowest BCUT2D eigenvalue weighted by molar-refractivity contribution is -0.225. The predicted octanol–water partition coefficient (Wildman–Crippen LogP) is 3.66. The van der Waals surface area contributed by atoms with Gasteiger partial charge < -0.3 is 44.0 Å². The first-order valence-corrected chi connectivity index (χ1v) is 13.6. The van der Waals surface area contributed by atoms with Gasteiger partial charge >= 0.3 is 5.97 Å². The standard InChI is InChI=1S/C29H35N3O9.ClH/c1-6-36-21-12-18-22(19(27(35)37-7-2)13-30-26(18)31-15(21)3)32-16-8-10-17(11-9-16)38-24-23(20(34)14-33)39-28-25(24)40-29(4,5)41-28;/h8-13,20,23-25,28,33-34H,6-7,14H2,1-5H3,(H,30,31,32);1H/t20-,23-,24+,25-,28?;/m1./s1. The van der Waals surface area contributed by atoms with Crippen molar-refractivity contribution in [2.24, 2.45) is 0 Å². The number of nitrogens with one attached hydrogen (secondary N) is 1. The van der Waals surface area contributed by atoms with Crippen LogP contribution in [0.2, 0.25) is 0 Å². The highest BCUT2D eigenvalue weighted by Crippen LogP contribution is 2.40. The first-order chi connectivity index (χ1) is 19.6. The molecule has 2 aliphatic rings. The number of hydrogen-bond acceptors (Lipinski definition) is 12. The van der Waals surface area contributed by atoms with E-state index in [9.17, 15) is 15.0 Å². The van der Waals surface area contributed by atoms with E-state index in [1.54, 1.807) is 45.0 Å². The van der Waals surface area contributed by atoms with Crippen LogP contribution in [-0.2, 0) is 18.9 Å². The van der Waals surface area contributed by atoms with E-state index in [0.717, 1.165) is 0 Å². The first kappa shape index (κ1) is 31.7. The number of benzene rings is 1. The van der Waals surface area contributed by atoms with E-state index in [1.165, 1.54) is 6.20 Å². The van der Waals surface area contributed by atoms with Gasteiger partial charge in [0.25, 0.3) is 0 Å². The fraction of sp³-hybridized carbons (Fsp3) is 0.483. The van der Waals surface area contributed by atoms with Crippen LogP contribution < -0.4 is 14.8 Å². The molecule has 5 rings (SSSR count). The summed E-state index contributed by atoms with van der Waals surface area (Å²) in [4.78, 5) is 21.8. The summed E-state index contributed by atoms with van der Waals surface area (Å²) >= 11 is 0. The van der Waals surface area contributed by atoms with Crippen molar-refractivity contribution in [2.75, 3.05) is 25.1 Å². The largest absolute Gasteiger partial charge is 0.492 e. The fourth-order valence-electron chi connectivity index (χ4n) is 4.96. The fourth-order valence-corrected chi connectivity index (χ4v) is 4.96. The number of carbonyl (C=O) groups is 1. The van der Waals surface area contributed by atoms with E-state index in [-0.39, 0.29) is 24.6 Å². The van der Waals surface area contributed by atoms with Crippen LogP contribution in [0.3, 0.4) is 0 Å². The highest BCUT2D eigenvalue weighted by atomic mass is 35.5. The Morgan fingerprint density at radius 1 is 1.17 bits per heavy atom. The van der Waals surface area contributed by atoms with E-state index in [4.69, 9.17) is 28.4 Å². The van der Waals surface area contributed by atoms with Gasteiger partial charge in [0.2, 0.25) is 0 Å². The van der Waals surface area contributed by atoms with Crippen LogP contribution >= 0.6 is 12.4 Å². The highest BCUT2D eigenvalue weighted by Gasteiger charge is 2.57. The molecule has 3 aromatic rings. The number of aryl methyl sites for hydroxylation is 1. The summed E-state index contributed by atoms with van der Waals surface area (Å²) in [6.45, 7) is 9.17. The number of ether oxygens (including phenoxy) is 6. The number of nitrogens with zero attached hydrogens (tertiary/aromatic N) is 2. The maximum atomic E-state index is 12.8. The van der Waals surface area contributed by atoms with Gasteiger partial charge in [0, 0.05) is 17.3 Å². The minimum Gasteiger partial charge on any atom is -0.492 e. The Bertz CT molecular complexity index is 1410. The van der Waals surface area contributed by atoms with Crippen molar-refractivity contribution in [3.63, 3.8) is 0 Å². The lowest BCUT2D eigenvalue weighted by Gasteiger charge is -2.28. The molecule has 228 valence electrons. The third-order valence-electron chi connectivity index (χ3n) is 6.79. The van der Waals surface area contributed by atoms with Crippen molar-refractivity contribution in [2.45, 2.75) is 71.1 Å². The van der Waals surface area contributed by atoms with Gasteiger partial charge in [-0.15, -0.1) is 12.4 Å². The molecule has 0 amide bonds. The second-order valence-electron chi connectivity index (χ2n) is 10.2. The van der Waals surface area contributed by atoms with Crippen LogP contribution in [0.4, 0.5) is 11.4 Å². The van der Waals surface area contributed by atoms with E-state index in [2.05, 4.69) is 15.3 Å². The van der Waals surface area contributed by atoms with Crippen molar-refractivity contribution in [3.05, 3.63) is 47.8 Å².